The molecule has 9 heteroatoms. The van der Waals surface area contributed by atoms with E-state index in [1.807, 2.05) is 6.07 Å². The summed E-state index contributed by atoms with van der Waals surface area (Å²) in [5.41, 5.74) is 1.43. The largest absolute Gasteiger partial charge is 0.243 e. The van der Waals surface area contributed by atoms with Gasteiger partial charge in [-0.3, -0.25) is 0 Å². The Labute approximate surface area is 157 Å². The summed E-state index contributed by atoms with van der Waals surface area (Å²) in [7, 11) is -7.71. The quantitative estimate of drug-likeness (QED) is 0.780. The lowest BCUT2D eigenvalue weighted by Crippen LogP contribution is -2.25. The summed E-state index contributed by atoms with van der Waals surface area (Å²) >= 11 is 0. The number of benzene rings is 2. The van der Waals surface area contributed by atoms with Crippen LogP contribution in [-0.2, 0) is 25.6 Å². The van der Waals surface area contributed by atoms with Crippen LogP contribution in [0.3, 0.4) is 0 Å². The molecule has 0 atom stereocenters. The lowest BCUT2D eigenvalue weighted by atomic mass is 10.1. The highest BCUT2D eigenvalue weighted by Crippen LogP contribution is 2.29. The van der Waals surface area contributed by atoms with Gasteiger partial charge in [-0.1, -0.05) is 30.3 Å². The van der Waals surface area contributed by atoms with E-state index in [0.717, 1.165) is 16.8 Å². The zero-order chi connectivity index (χ0) is 19.7. The van der Waals surface area contributed by atoms with E-state index in [0.29, 0.717) is 16.7 Å². The molecule has 1 heterocycles. The fourth-order valence-electron chi connectivity index (χ4n) is 2.57. The number of rotatable bonds is 4. The highest BCUT2D eigenvalue weighted by molar-refractivity contribution is 7.94. The molecule has 1 aliphatic heterocycles. The van der Waals surface area contributed by atoms with Crippen molar-refractivity contribution in [1.29, 1.82) is 5.26 Å². The molecule has 0 N–H and O–H groups in total. The molecule has 3 rings (SSSR count). The molecular formula is C18H15N3O4S2. The van der Waals surface area contributed by atoms with E-state index < -0.39 is 19.9 Å². The lowest BCUT2D eigenvalue weighted by Gasteiger charge is -2.19. The van der Waals surface area contributed by atoms with E-state index in [-0.39, 0.29) is 16.5 Å². The first-order chi connectivity index (χ1) is 12.7. The monoisotopic (exact) mass is 401 g/mol. The Morgan fingerprint density at radius 3 is 2.41 bits per heavy atom. The van der Waals surface area contributed by atoms with Gasteiger partial charge in [0.05, 0.1) is 35.5 Å². The van der Waals surface area contributed by atoms with Gasteiger partial charge in [0, 0.05) is 11.8 Å². The van der Waals surface area contributed by atoms with Crippen molar-refractivity contribution < 1.29 is 16.8 Å². The Hall–Kier alpha value is -2.96. The first-order valence-electron chi connectivity index (χ1n) is 7.77. The molecule has 2 aromatic rings. The van der Waals surface area contributed by atoms with Gasteiger partial charge >= 0.3 is 0 Å². The zero-order valence-corrected chi connectivity index (χ0v) is 15.9. The first kappa shape index (κ1) is 18.8. The number of aliphatic imine (C=N–C) groups is 1. The highest BCUT2D eigenvalue weighted by atomic mass is 32.2. The minimum Gasteiger partial charge on any atom is -0.243 e. The summed E-state index contributed by atoms with van der Waals surface area (Å²) < 4.78 is 51.0. The van der Waals surface area contributed by atoms with Gasteiger partial charge in [0.25, 0.3) is 0 Å². The maximum absolute atomic E-state index is 12.8. The summed E-state index contributed by atoms with van der Waals surface area (Å²) in [5, 5.41) is 8.68. The molecule has 0 aromatic heterocycles. The molecule has 0 aliphatic carbocycles. The van der Waals surface area contributed by atoms with Crippen LogP contribution in [0.4, 0.5) is 5.69 Å². The molecular weight excluding hydrogens is 386 g/mol. The van der Waals surface area contributed by atoms with E-state index in [9.17, 15) is 16.8 Å². The standard InChI is InChI=1S/C18H15N3O4S2/c1-26(22,23)21-12-18(27(24,25)13-14-5-3-2-4-6-14)20-11-16-9-15(10-19)7-8-17(16)21/h2-9,11-12H,13H2,1H3. The third-order valence-electron chi connectivity index (χ3n) is 3.83. The van der Waals surface area contributed by atoms with Crippen LogP contribution in [0.25, 0.3) is 0 Å². The van der Waals surface area contributed by atoms with Gasteiger partial charge in [0.2, 0.25) is 19.9 Å². The van der Waals surface area contributed by atoms with Crippen molar-refractivity contribution in [2.75, 3.05) is 10.6 Å². The van der Waals surface area contributed by atoms with Crippen LogP contribution in [0.5, 0.6) is 0 Å². The minimum atomic E-state index is -3.89. The number of fused-ring (bicyclic) bond motifs is 1. The van der Waals surface area contributed by atoms with Gasteiger partial charge in [0.15, 0.2) is 5.03 Å². The number of sulfone groups is 1. The molecule has 0 unspecified atom stereocenters. The van der Waals surface area contributed by atoms with Crippen LogP contribution in [0.1, 0.15) is 16.7 Å². The predicted molar refractivity (Wildman–Crippen MR) is 103 cm³/mol. The SMILES string of the molecule is CS(=O)(=O)N1C=C(S(=O)(=O)Cc2ccccc2)N=Cc2cc(C#N)ccc21. The average Bonchev–Trinajstić information content (AvgIpc) is 2.81. The van der Waals surface area contributed by atoms with Crippen molar-refractivity contribution in [1.82, 2.24) is 0 Å². The van der Waals surface area contributed by atoms with Crippen molar-refractivity contribution in [3.63, 3.8) is 0 Å². The van der Waals surface area contributed by atoms with Crippen molar-refractivity contribution in [3.05, 3.63) is 76.5 Å². The molecule has 27 heavy (non-hydrogen) atoms. The predicted octanol–water partition coefficient (Wildman–Crippen LogP) is 2.17. The molecule has 0 fully saturated rings. The molecule has 2 aromatic carbocycles. The molecule has 0 amide bonds. The third kappa shape index (κ3) is 4.07. The second kappa shape index (κ2) is 6.98. The van der Waals surface area contributed by atoms with E-state index in [1.54, 1.807) is 30.3 Å². The Bertz CT molecular complexity index is 1190. The summed E-state index contributed by atoms with van der Waals surface area (Å²) in [4.78, 5) is 4.00. The molecule has 7 nitrogen and oxygen atoms in total. The Balaban J connectivity index is 2.12. The second-order valence-electron chi connectivity index (χ2n) is 5.91. The molecule has 1 aliphatic rings. The Morgan fingerprint density at radius 2 is 1.78 bits per heavy atom. The molecule has 0 spiro atoms. The number of hydrogen-bond donors (Lipinski definition) is 0. The van der Waals surface area contributed by atoms with Gasteiger partial charge in [0.1, 0.15) is 0 Å². The molecule has 0 saturated carbocycles. The summed E-state index contributed by atoms with van der Waals surface area (Å²) in [5.74, 6) is -0.311. The topological polar surface area (TPSA) is 108 Å². The van der Waals surface area contributed by atoms with Crippen molar-refractivity contribution in [2.24, 2.45) is 4.99 Å². The maximum Gasteiger partial charge on any atom is 0.236 e. The van der Waals surface area contributed by atoms with Gasteiger partial charge in [-0.15, -0.1) is 0 Å². The van der Waals surface area contributed by atoms with Crippen LogP contribution in [0, 0.1) is 11.3 Å². The molecule has 0 bridgehead atoms. The third-order valence-corrected chi connectivity index (χ3v) is 6.41. The number of nitriles is 1. The van der Waals surface area contributed by atoms with Crippen molar-refractivity contribution >= 4 is 31.8 Å². The van der Waals surface area contributed by atoms with Crippen LogP contribution < -0.4 is 4.31 Å². The number of hydrogen-bond acceptors (Lipinski definition) is 6. The van der Waals surface area contributed by atoms with Gasteiger partial charge in [-0.05, 0) is 23.8 Å². The highest BCUT2D eigenvalue weighted by Gasteiger charge is 2.26. The van der Waals surface area contributed by atoms with Crippen LogP contribution in [-0.4, -0.2) is 29.3 Å². The maximum atomic E-state index is 12.8. The van der Waals surface area contributed by atoms with Crippen LogP contribution in [0.15, 0.2) is 64.8 Å². The van der Waals surface area contributed by atoms with Gasteiger partial charge in [-0.25, -0.2) is 26.1 Å². The lowest BCUT2D eigenvalue weighted by molar-refractivity contribution is 0.600. The number of sulfonamides is 1. The van der Waals surface area contributed by atoms with E-state index >= 15 is 0 Å². The molecule has 0 radical (unpaired) electrons. The van der Waals surface area contributed by atoms with E-state index in [1.165, 1.54) is 24.4 Å². The number of anilines is 1. The van der Waals surface area contributed by atoms with Crippen LogP contribution >= 0.6 is 0 Å². The van der Waals surface area contributed by atoms with Crippen molar-refractivity contribution in [2.45, 2.75) is 5.75 Å². The first-order valence-corrected chi connectivity index (χ1v) is 11.3. The fourth-order valence-corrected chi connectivity index (χ4v) is 4.71. The van der Waals surface area contributed by atoms with E-state index in [4.69, 9.17) is 5.26 Å². The summed E-state index contributed by atoms with van der Waals surface area (Å²) in [6, 6.07) is 14.9. The number of nitrogens with zero attached hydrogens (tertiary/aromatic N) is 3. The van der Waals surface area contributed by atoms with Gasteiger partial charge < -0.3 is 0 Å². The summed E-state index contributed by atoms with van der Waals surface area (Å²) in [6.07, 6.45) is 3.23. The normalized spacial score (nSPS) is 14.1. The molecule has 138 valence electrons. The van der Waals surface area contributed by atoms with E-state index in [2.05, 4.69) is 4.99 Å². The van der Waals surface area contributed by atoms with Gasteiger partial charge in [-0.2, -0.15) is 5.26 Å². The molecule has 0 saturated heterocycles. The second-order valence-corrected chi connectivity index (χ2v) is 9.71. The van der Waals surface area contributed by atoms with Crippen molar-refractivity contribution in [3.8, 4) is 6.07 Å². The fraction of sp³-hybridized carbons (Fsp3) is 0.111. The Kier molecular flexibility index (Phi) is 4.87. The Morgan fingerprint density at radius 1 is 1.07 bits per heavy atom. The average molecular weight is 401 g/mol. The smallest absolute Gasteiger partial charge is 0.236 e. The minimum absolute atomic E-state index is 0.227. The van der Waals surface area contributed by atoms with Crippen LogP contribution in [0.2, 0.25) is 0 Å². The summed E-state index contributed by atoms with van der Waals surface area (Å²) in [6.45, 7) is 0. The zero-order valence-electron chi connectivity index (χ0n) is 14.3.